The lowest BCUT2D eigenvalue weighted by Gasteiger charge is -2.23. The van der Waals surface area contributed by atoms with Gasteiger partial charge in [0.15, 0.2) is 11.8 Å². The number of hydrogen-bond donors (Lipinski definition) is 1. The Kier molecular flexibility index (Phi) is 3.34. The predicted octanol–water partition coefficient (Wildman–Crippen LogP) is 1.27. The van der Waals surface area contributed by atoms with E-state index in [0.717, 1.165) is 4.90 Å². The predicted molar refractivity (Wildman–Crippen MR) is 63.2 cm³/mol. The molecule has 1 amide bonds. The fourth-order valence-electron chi connectivity index (χ4n) is 1.97. The van der Waals surface area contributed by atoms with Crippen molar-refractivity contribution in [3.63, 3.8) is 0 Å². The third-order valence-electron chi connectivity index (χ3n) is 2.73. The second-order valence-electron chi connectivity index (χ2n) is 4.03. The van der Waals surface area contributed by atoms with Crippen LogP contribution < -0.4 is 0 Å². The first-order chi connectivity index (χ1) is 8.49. The van der Waals surface area contributed by atoms with E-state index in [0.29, 0.717) is 10.6 Å². The topological polar surface area (TPSA) is 74.7 Å². The molecular formula is C12H10ClNO4. The summed E-state index contributed by atoms with van der Waals surface area (Å²) in [6, 6.07) is 5.11. The van der Waals surface area contributed by atoms with Gasteiger partial charge in [-0.05, 0) is 17.7 Å². The van der Waals surface area contributed by atoms with Crippen LogP contribution in [0.4, 0.5) is 0 Å². The van der Waals surface area contributed by atoms with E-state index in [1.165, 1.54) is 6.07 Å². The van der Waals surface area contributed by atoms with Crippen LogP contribution in [0.3, 0.4) is 0 Å². The Morgan fingerprint density at radius 3 is 2.61 bits per heavy atom. The molecule has 6 heteroatoms. The van der Waals surface area contributed by atoms with Crippen LogP contribution in [0.15, 0.2) is 24.3 Å². The summed E-state index contributed by atoms with van der Waals surface area (Å²) in [5, 5.41) is 9.62. The van der Waals surface area contributed by atoms with Crippen molar-refractivity contribution < 1.29 is 19.5 Å². The van der Waals surface area contributed by atoms with Gasteiger partial charge in [-0.25, -0.2) is 4.79 Å². The quantitative estimate of drug-likeness (QED) is 0.837. The molecule has 1 N–H and O–H groups in total. The normalized spacial score (nSPS) is 17.1. The third kappa shape index (κ3) is 2.36. The van der Waals surface area contributed by atoms with Gasteiger partial charge in [-0.2, -0.15) is 0 Å². The first-order valence-electron chi connectivity index (χ1n) is 5.28. The minimum absolute atomic E-state index is 0.164. The number of aliphatic carboxylic acids is 1. The molecule has 1 aliphatic rings. The van der Waals surface area contributed by atoms with Crippen molar-refractivity contribution in [1.82, 2.24) is 4.90 Å². The average Bonchev–Trinajstić information content (AvgIpc) is 2.58. The lowest BCUT2D eigenvalue weighted by molar-refractivity contribution is -0.148. The standard InChI is InChI=1S/C12H10ClNO4/c13-8-3-1-2-7(4-8)11(12(17)18)14-6-9(15)5-10(14)16/h1-4,11H,5-6H2,(H,17,18). The molecule has 1 atom stereocenters. The Bertz CT molecular complexity index is 529. The SMILES string of the molecule is O=C1CC(=O)N(C(C(=O)O)c2cccc(Cl)c2)C1. The molecule has 1 unspecified atom stereocenters. The maximum Gasteiger partial charge on any atom is 0.331 e. The maximum absolute atomic E-state index is 11.6. The molecule has 1 aromatic rings. The molecule has 1 heterocycles. The van der Waals surface area contributed by atoms with Crippen molar-refractivity contribution in [3.8, 4) is 0 Å². The third-order valence-corrected chi connectivity index (χ3v) is 2.96. The van der Waals surface area contributed by atoms with E-state index in [9.17, 15) is 19.5 Å². The molecule has 0 aromatic heterocycles. The molecule has 5 nitrogen and oxygen atoms in total. The Morgan fingerprint density at radius 2 is 2.11 bits per heavy atom. The minimum Gasteiger partial charge on any atom is -0.479 e. The van der Waals surface area contributed by atoms with E-state index in [1.807, 2.05) is 0 Å². The van der Waals surface area contributed by atoms with Gasteiger partial charge in [0.05, 0.1) is 13.0 Å². The Labute approximate surface area is 108 Å². The smallest absolute Gasteiger partial charge is 0.331 e. The van der Waals surface area contributed by atoms with Crippen molar-refractivity contribution >= 4 is 29.3 Å². The highest BCUT2D eigenvalue weighted by Crippen LogP contribution is 2.26. The largest absolute Gasteiger partial charge is 0.479 e. The monoisotopic (exact) mass is 267 g/mol. The van der Waals surface area contributed by atoms with Gasteiger partial charge in [-0.3, -0.25) is 9.59 Å². The zero-order valence-electron chi connectivity index (χ0n) is 9.30. The van der Waals surface area contributed by atoms with Crippen molar-refractivity contribution in [3.05, 3.63) is 34.9 Å². The molecule has 0 spiro atoms. The van der Waals surface area contributed by atoms with E-state index in [-0.39, 0.29) is 18.7 Å². The number of hydrogen-bond acceptors (Lipinski definition) is 3. The van der Waals surface area contributed by atoms with Crippen molar-refractivity contribution in [2.45, 2.75) is 12.5 Å². The van der Waals surface area contributed by atoms with Crippen LogP contribution in [0, 0.1) is 0 Å². The molecule has 18 heavy (non-hydrogen) atoms. The Morgan fingerprint density at radius 1 is 1.39 bits per heavy atom. The van der Waals surface area contributed by atoms with E-state index < -0.39 is 17.9 Å². The van der Waals surface area contributed by atoms with Crippen LogP contribution in [-0.2, 0) is 14.4 Å². The van der Waals surface area contributed by atoms with E-state index in [4.69, 9.17) is 11.6 Å². The number of benzene rings is 1. The molecule has 1 aliphatic heterocycles. The van der Waals surface area contributed by atoms with Crippen LogP contribution in [0.2, 0.25) is 5.02 Å². The highest BCUT2D eigenvalue weighted by atomic mass is 35.5. The van der Waals surface area contributed by atoms with Gasteiger partial charge in [0.1, 0.15) is 0 Å². The number of halogens is 1. The first-order valence-corrected chi connectivity index (χ1v) is 5.66. The van der Waals surface area contributed by atoms with Crippen LogP contribution >= 0.6 is 11.6 Å². The second-order valence-corrected chi connectivity index (χ2v) is 4.47. The lowest BCUT2D eigenvalue weighted by atomic mass is 10.1. The summed E-state index contributed by atoms with van der Waals surface area (Å²) in [6.07, 6.45) is -0.232. The molecule has 1 fully saturated rings. The van der Waals surface area contributed by atoms with Crippen LogP contribution in [0.1, 0.15) is 18.0 Å². The molecule has 0 radical (unpaired) electrons. The highest BCUT2D eigenvalue weighted by molar-refractivity contribution is 6.30. The van der Waals surface area contributed by atoms with Crippen molar-refractivity contribution in [1.29, 1.82) is 0 Å². The number of nitrogens with zero attached hydrogens (tertiary/aromatic N) is 1. The summed E-state index contributed by atoms with van der Waals surface area (Å²) in [5.74, 6) is -1.92. The molecule has 2 rings (SSSR count). The van der Waals surface area contributed by atoms with Crippen LogP contribution in [0.5, 0.6) is 0 Å². The summed E-state index contributed by atoms with van der Waals surface area (Å²) in [5.41, 5.74) is 0.387. The van der Waals surface area contributed by atoms with Gasteiger partial charge in [-0.1, -0.05) is 23.7 Å². The van der Waals surface area contributed by atoms with Gasteiger partial charge in [0.2, 0.25) is 5.91 Å². The number of amides is 1. The number of carboxylic acids is 1. The fourth-order valence-corrected chi connectivity index (χ4v) is 2.17. The Balaban J connectivity index is 2.38. The van der Waals surface area contributed by atoms with Gasteiger partial charge in [-0.15, -0.1) is 0 Å². The number of rotatable bonds is 3. The minimum atomic E-state index is -1.18. The zero-order valence-corrected chi connectivity index (χ0v) is 10.1. The fraction of sp³-hybridized carbons (Fsp3) is 0.250. The van der Waals surface area contributed by atoms with E-state index in [2.05, 4.69) is 0 Å². The van der Waals surface area contributed by atoms with E-state index in [1.54, 1.807) is 18.2 Å². The summed E-state index contributed by atoms with van der Waals surface area (Å²) in [4.78, 5) is 35.2. The van der Waals surface area contributed by atoms with Crippen molar-refractivity contribution in [2.24, 2.45) is 0 Å². The lowest BCUT2D eigenvalue weighted by Crippen LogP contribution is -2.35. The summed E-state index contributed by atoms with van der Waals surface area (Å²) < 4.78 is 0. The Hall–Kier alpha value is -1.88. The summed E-state index contributed by atoms with van der Waals surface area (Å²) in [6.45, 7) is -0.164. The number of carbonyl (C=O) groups is 3. The molecular weight excluding hydrogens is 258 g/mol. The molecule has 1 saturated heterocycles. The summed E-state index contributed by atoms with van der Waals surface area (Å²) in [7, 11) is 0. The number of carbonyl (C=O) groups excluding carboxylic acids is 2. The molecule has 1 aromatic carbocycles. The number of ketones is 1. The molecule has 0 saturated carbocycles. The van der Waals surface area contributed by atoms with Gasteiger partial charge in [0.25, 0.3) is 0 Å². The summed E-state index contributed by atoms with van der Waals surface area (Å²) >= 11 is 5.80. The molecule has 0 bridgehead atoms. The number of Topliss-reactive ketones (excluding diaryl/α,β-unsaturated/α-hetero) is 1. The van der Waals surface area contributed by atoms with Crippen LogP contribution in [0.25, 0.3) is 0 Å². The van der Waals surface area contributed by atoms with Crippen LogP contribution in [-0.4, -0.2) is 34.2 Å². The molecule has 0 aliphatic carbocycles. The first kappa shape index (κ1) is 12.6. The highest BCUT2D eigenvalue weighted by Gasteiger charge is 2.37. The van der Waals surface area contributed by atoms with Gasteiger partial charge >= 0.3 is 5.97 Å². The average molecular weight is 268 g/mol. The number of likely N-dealkylation sites (tertiary alicyclic amines) is 1. The van der Waals surface area contributed by atoms with E-state index >= 15 is 0 Å². The van der Waals surface area contributed by atoms with Gasteiger partial charge < -0.3 is 10.0 Å². The van der Waals surface area contributed by atoms with Crippen molar-refractivity contribution in [2.75, 3.05) is 6.54 Å². The van der Waals surface area contributed by atoms with Gasteiger partial charge in [0, 0.05) is 5.02 Å². The maximum atomic E-state index is 11.6. The zero-order chi connectivity index (χ0) is 13.3. The second kappa shape index (κ2) is 4.78. The molecule has 94 valence electrons. The number of carboxylic acid groups (broad SMARTS) is 1.